The Labute approximate surface area is 236 Å². The Morgan fingerprint density at radius 2 is 1.90 bits per heavy atom. The van der Waals surface area contributed by atoms with Crippen LogP contribution in [-0.2, 0) is 10.0 Å². The standard InChI is InChI=1S/C29H29FN4O4S2/c1-3-23-6-4-5-17-33(23)40(36,37)25-14-9-21(10-15-25)28(35)34(31-19-20-7-11-22(30)12-8-20)29-32-26-16-13-24(38-2)18-27(26)39-29/h7-16,18-19,23H,3-6,17H2,1-2H3/b31-19+. The molecule has 0 N–H and O–H groups in total. The number of sulfonamides is 1. The molecule has 0 bridgehead atoms. The number of piperidine rings is 1. The zero-order chi connectivity index (χ0) is 28.3. The summed E-state index contributed by atoms with van der Waals surface area (Å²) in [5.74, 6) is -0.209. The first-order valence-electron chi connectivity index (χ1n) is 13.0. The largest absolute Gasteiger partial charge is 0.497 e. The van der Waals surface area contributed by atoms with Gasteiger partial charge in [-0.15, -0.1) is 0 Å². The summed E-state index contributed by atoms with van der Waals surface area (Å²) in [5, 5.41) is 5.89. The Balaban J connectivity index is 1.47. The third-order valence-electron chi connectivity index (χ3n) is 6.90. The Kier molecular flexibility index (Phi) is 8.24. The van der Waals surface area contributed by atoms with E-state index >= 15 is 0 Å². The lowest BCUT2D eigenvalue weighted by Gasteiger charge is -2.34. The van der Waals surface area contributed by atoms with Gasteiger partial charge < -0.3 is 4.74 Å². The van der Waals surface area contributed by atoms with Gasteiger partial charge in [0.2, 0.25) is 15.2 Å². The molecule has 1 aliphatic rings. The lowest BCUT2D eigenvalue weighted by Crippen LogP contribution is -2.43. The van der Waals surface area contributed by atoms with Gasteiger partial charge in [-0.05, 0) is 79.4 Å². The molecule has 0 saturated carbocycles. The van der Waals surface area contributed by atoms with Crippen LogP contribution in [0.5, 0.6) is 5.75 Å². The Morgan fingerprint density at radius 1 is 1.15 bits per heavy atom. The lowest BCUT2D eigenvalue weighted by molar-refractivity contribution is 0.0987. The fraction of sp³-hybridized carbons (Fsp3) is 0.276. The van der Waals surface area contributed by atoms with Crippen molar-refractivity contribution in [3.05, 3.63) is 83.7 Å². The van der Waals surface area contributed by atoms with E-state index in [1.165, 1.54) is 59.0 Å². The van der Waals surface area contributed by atoms with Gasteiger partial charge in [-0.3, -0.25) is 4.79 Å². The summed E-state index contributed by atoms with van der Waals surface area (Å²) >= 11 is 1.26. The van der Waals surface area contributed by atoms with E-state index in [4.69, 9.17) is 4.74 Å². The molecule has 2 heterocycles. The number of hydrazone groups is 1. The maximum atomic E-state index is 13.7. The van der Waals surface area contributed by atoms with Crippen LogP contribution in [0.1, 0.15) is 48.5 Å². The highest BCUT2D eigenvalue weighted by Crippen LogP contribution is 2.33. The van der Waals surface area contributed by atoms with E-state index in [-0.39, 0.29) is 22.3 Å². The number of carbonyl (C=O) groups excluding carboxylic acids is 1. The van der Waals surface area contributed by atoms with Crippen molar-refractivity contribution in [2.24, 2.45) is 5.10 Å². The fourth-order valence-corrected chi connectivity index (χ4v) is 7.42. The lowest BCUT2D eigenvalue weighted by atomic mass is 10.0. The van der Waals surface area contributed by atoms with Crippen LogP contribution < -0.4 is 9.75 Å². The highest BCUT2D eigenvalue weighted by molar-refractivity contribution is 7.89. The third kappa shape index (κ3) is 5.77. The smallest absolute Gasteiger partial charge is 0.280 e. The van der Waals surface area contributed by atoms with Crippen molar-refractivity contribution in [1.29, 1.82) is 0 Å². The highest BCUT2D eigenvalue weighted by Gasteiger charge is 2.32. The average Bonchev–Trinajstić information content (AvgIpc) is 3.41. The van der Waals surface area contributed by atoms with E-state index in [0.717, 1.165) is 30.4 Å². The second-order valence-corrected chi connectivity index (χ2v) is 12.3. The summed E-state index contributed by atoms with van der Waals surface area (Å²) in [7, 11) is -2.11. The molecule has 4 aromatic rings. The van der Waals surface area contributed by atoms with Crippen LogP contribution in [-0.4, -0.2) is 49.5 Å². The minimum Gasteiger partial charge on any atom is -0.497 e. The molecular formula is C29H29FN4O4S2. The van der Waals surface area contributed by atoms with Gasteiger partial charge in [0.05, 0.1) is 28.4 Å². The Hall–Kier alpha value is -3.67. The number of ether oxygens (including phenoxy) is 1. The summed E-state index contributed by atoms with van der Waals surface area (Å²) < 4.78 is 47.9. The minimum atomic E-state index is -3.69. The molecule has 3 aromatic carbocycles. The zero-order valence-corrected chi connectivity index (χ0v) is 23.8. The first kappa shape index (κ1) is 27.9. The monoisotopic (exact) mass is 580 g/mol. The number of fused-ring (bicyclic) bond motifs is 1. The molecule has 1 unspecified atom stereocenters. The molecule has 1 atom stereocenters. The van der Waals surface area contributed by atoms with Crippen LogP contribution in [0.4, 0.5) is 9.52 Å². The van der Waals surface area contributed by atoms with E-state index in [2.05, 4.69) is 10.1 Å². The summed E-state index contributed by atoms with van der Waals surface area (Å²) in [4.78, 5) is 18.5. The summed E-state index contributed by atoms with van der Waals surface area (Å²) in [6, 6.07) is 17.0. The molecule has 1 amide bonds. The number of rotatable bonds is 8. The second-order valence-electron chi connectivity index (χ2n) is 9.44. The minimum absolute atomic E-state index is 0.0194. The van der Waals surface area contributed by atoms with E-state index in [1.807, 2.05) is 13.0 Å². The van der Waals surface area contributed by atoms with Gasteiger partial charge >= 0.3 is 0 Å². The highest BCUT2D eigenvalue weighted by atomic mass is 32.2. The number of aromatic nitrogens is 1. The number of methoxy groups -OCH3 is 1. The van der Waals surface area contributed by atoms with Crippen LogP contribution in [0.15, 0.2) is 76.7 Å². The van der Waals surface area contributed by atoms with Crippen LogP contribution in [0.25, 0.3) is 10.2 Å². The van der Waals surface area contributed by atoms with Crippen molar-refractivity contribution in [1.82, 2.24) is 9.29 Å². The van der Waals surface area contributed by atoms with E-state index < -0.39 is 15.9 Å². The summed E-state index contributed by atoms with van der Waals surface area (Å²) in [5.41, 5.74) is 1.51. The molecule has 0 radical (unpaired) electrons. The fourth-order valence-electron chi connectivity index (χ4n) is 4.70. The normalized spacial score (nSPS) is 16.4. The van der Waals surface area contributed by atoms with Crippen LogP contribution >= 0.6 is 11.3 Å². The number of nitrogens with zero attached hydrogens (tertiary/aromatic N) is 4. The zero-order valence-electron chi connectivity index (χ0n) is 22.2. The number of hydrogen-bond donors (Lipinski definition) is 0. The molecule has 5 rings (SSSR count). The van der Waals surface area contributed by atoms with E-state index in [1.54, 1.807) is 35.7 Å². The molecular weight excluding hydrogens is 551 g/mol. The molecule has 1 aliphatic heterocycles. The quantitative estimate of drug-likeness (QED) is 0.186. The predicted octanol–water partition coefficient (Wildman–Crippen LogP) is 6.08. The molecule has 1 fully saturated rings. The number of hydrogen-bond acceptors (Lipinski definition) is 7. The first-order valence-corrected chi connectivity index (χ1v) is 15.3. The molecule has 40 heavy (non-hydrogen) atoms. The van der Waals surface area contributed by atoms with Gasteiger partial charge in [-0.2, -0.15) is 14.4 Å². The van der Waals surface area contributed by atoms with Gasteiger partial charge in [0.1, 0.15) is 11.6 Å². The third-order valence-corrected chi connectivity index (χ3v) is 9.86. The summed E-state index contributed by atoms with van der Waals surface area (Å²) in [6.45, 7) is 2.50. The molecule has 0 aliphatic carbocycles. The van der Waals surface area contributed by atoms with Crippen LogP contribution in [0.2, 0.25) is 0 Å². The first-order chi connectivity index (χ1) is 19.3. The van der Waals surface area contributed by atoms with E-state index in [0.29, 0.717) is 28.5 Å². The molecule has 1 aromatic heterocycles. The number of carbonyl (C=O) groups is 1. The number of amides is 1. The van der Waals surface area contributed by atoms with Crippen molar-refractivity contribution >= 4 is 48.8 Å². The molecule has 208 valence electrons. The average molecular weight is 581 g/mol. The second kappa shape index (κ2) is 11.8. The van der Waals surface area contributed by atoms with Gasteiger partial charge in [0, 0.05) is 18.2 Å². The van der Waals surface area contributed by atoms with Gasteiger partial charge in [-0.1, -0.05) is 36.8 Å². The van der Waals surface area contributed by atoms with Gasteiger partial charge in [-0.25, -0.2) is 17.8 Å². The molecule has 0 spiro atoms. The van der Waals surface area contributed by atoms with Gasteiger partial charge in [0.25, 0.3) is 5.91 Å². The summed E-state index contributed by atoms with van der Waals surface area (Å²) in [6.07, 6.45) is 4.91. The van der Waals surface area contributed by atoms with Crippen molar-refractivity contribution in [2.75, 3.05) is 18.7 Å². The van der Waals surface area contributed by atoms with E-state index in [9.17, 15) is 17.6 Å². The predicted molar refractivity (Wildman–Crippen MR) is 155 cm³/mol. The van der Waals surface area contributed by atoms with Crippen LogP contribution in [0, 0.1) is 5.82 Å². The number of halogens is 1. The van der Waals surface area contributed by atoms with Crippen molar-refractivity contribution in [3.8, 4) is 5.75 Å². The Morgan fingerprint density at radius 3 is 2.60 bits per heavy atom. The van der Waals surface area contributed by atoms with Crippen LogP contribution in [0.3, 0.4) is 0 Å². The van der Waals surface area contributed by atoms with Crippen molar-refractivity contribution in [3.63, 3.8) is 0 Å². The number of anilines is 1. The van der Waals surface area contributed by atoms with Crippen molar-refractivity contribution < 1.29 is 22.3 Å². The molecule has 11 heteroatoms. The molecule has 8 nitrogen and oxygen atoms in total. The molecule has 1 saturated heterocycles. The van der Waals surface area contributed by atoms with Crippen molar-refractivity contribution in [2.45, 2.75) is 43.5 Å². The SMILES string of the molecule is CCC1CCCCN1S(=O)(=O)c1ccc(C(=O)N(/N=C/c2ccc(F)cc2)c2nc3ccc(OC)cc3s2)cc1. The maximum absolute atomic E-state index is 13.7. The topological polar surface area (TPSA) is 92.2 Å². The van der Waals surface area contributed by atoms with Gasteiger partial charge in [0.15, 0.2) is 0 Å². The number of benzene rings is 3. The number of thiazole rings is 1. The Bertz CT molecular complexity index is 1640. The maximum Gasteiger partial charge on any atom is 0.280 e.